The molecule has 7 nitrogen and oxygen atoms in total. The molecule has 27 heavy (non-hydrogen) atoms. The fourth-order valence-electron chi connectivity index (χ4n) is 2.25. The minimum Gasteiger partial charge on any atom is -0.455 e. The number of furan rings is 1. The van der Waals surface area contributed by atoms with Crippen molar-refractivity contribution in [1.29, 1.82) is 0 Å². The lowest BCUT2D eigenvalue weighted by Gasteiger charge is -2.00. The van der Waals surface area contributed by atoms with Gasteiger partial charge in [0.05, 0.1) is 16.7 Å². The van der Waals surface area contributed by atoms with Crippen molar-refractivity contribution in [2.24, 2.45) is 5.10 Å². The number of benzene rings is 2. The van der Waals surface area contributed by atoms with E-state index < -0.39 is 10.8 Å². The maximum atomic E-state index is 11.9. The number of rotatable bonds is 5. The number of carbonyl (C=O) groups excluding carboxylic acids is 1. The molecule has 0 aliphatic heterocycles. The van der Waals surface area contributed by atoms with Crippen molar-refractivity contribution in [2.45, 2.75) is 0 Å². The second-order valence-corrected chi connectivity index (χ2v) is 6.20. The van der Waals surface area contributed by atoms with E-state index in [-0.39, 0.29) is 22.0 Å². The van der Waals surface area contributed by atoms with Crippen LogP contribution in [0.1, 0.15) is 16.1 Å². The molecule has 0 fully saturated rings. The zero-order valence-electron chi connectivity index (χ0n) is 13.6. The highest BCUT2D eigenvalue weighted by Gasteiger charge is 2.18. The molecule has 0 radical (unpaired) electrons. The smallest absolute Gasteiger partial charge is 0.281 e. The van der Waals surface area contributed by atoms with Gasteiger partial charge in [-0.2, -0.15) is 5.10 Å². The lowest BCUT2D eigenvalue weighted by Crippen LogP contribution is -2.17. The highest BCUT2D eigenvalue weighted by molar-refractivity contribution is 6.31. The molecule has 9 heteroatoms. The molecule has 1 heterocycles. The second-order valence-electron chi connectivity index (χ2n) is 5.33. The predicted molar refractivity (Wildman–Crippen MR) is 102 cm³/mol. The summed E-state index contributed by atoms with van der Waals surface area (Å²) in [6, 6.07) is 13.8. The molecule has 3 aromatic rings. The van der Waals surface area contributed by atoms with Gasteiger partial charge in [0.2, 0.25) is 0 Å². The summed E-state index contributed by atoms with van der Waals surface area (Å²) in [7, 11) is 0. The van der Waals surface area contributed by atoms with Gasteiger partial charge in [-0.05, 0) is 48.5 Å². The van der Waals surface area contributed by atoms with Crippen LogP contribution in [-0.4, -0.2) is 17.0 Å². The molecular weight excluding hydrogens is 393 g/mol. The fourth-order valence-corrected chi connectivity index (χ4v) is 2.54. The molecule has 136 valence electrons. The summed E-state index contributed by atoms with van der Waals surface area (Å²) in [5, 5.41) is 15.8. The first-order chi connectivity index (χ1) is 12.9. The van der Waals surface area contributed by atoms with E-state index in [0.717, 1.165) is 0 Å². The zero-order chi connectivity index (χ0) is 19.4. The molecular formula is C18H11Cl2N3O4. The summed E-state index contributed by atoms with van der Waals surface area (Å²) in [6.45, 7) is 0. The number of amides is 1. The molecule has 1 amide bonds. The van der Waals surface area contributed by atoms with Crippen molar-refractivity contribution in [2.75, 3.05) is 0 Å². The summed E-state index contributed by atoms with van der Waals surface area (Å²) in [5.74, 6) is 0.178. The first-order valence-corrected chi connectivity index (χ1v) is 8.33. The molecule has 0 bridgehead atoms. The van der Waals surface area contributed by atoms with Crippen molar-refractivity contribution < 1.29 is 14.1 Å². The highest BCUT2D eigenvalue weighted by atomic mass is 35.5. The van der Waals surface area contributed by atoms with E-state index in [0.29, 0.717) is 16.3 Å². The topological polar surface area (TPSA) is 97.7 Å². The third-order valence-electron chi connectivity index (χ3n) is 3.51. The first-order valence-electron chi connectivity index (χ1n) is 7.57. The van der Waals surface area contributed by atoms with Crippen LogP contribution in [0.2, 0.25) is 10.0 Å². The van der Waals surface area contributed by atoms with Gasteiger partial charge in [-0.3, -0.25) is 14.9 Å². The number of hydrogen-bond acceptors (Lipinski definition) is 5. The van der Waals surface area contributed by atoms with Crippen molar-refractivity contribution in [3.05, 3.63) is 86.1 Å². The van der Waals surface area contributed by atoms with Crippen LogP contribution in [0, 0.1) is 10.1 Å². The van der Waals surface area contributed by atoms with E-state index in [1.807, 2.05) is 0 Å². The maximum Gasteiger partial charge on any atom is 0.281 e. The number of hydrazone groups is 1. The summed E-state index contributed by atoms with van der Waals surface area (Å²) in [4.78, 5) is 22.6. The molecule has 0 aliphatic rings. The molecule has 0 saturated heterocycles. The molecule has 0 saturated carbocycles. The molecule has 0 aliphatic carbocycles. The SMILES string of the molecule is O=C(N/N=C\c1ccc(-c2ccc(Cl)cc2[N+](=O)[O-])o1)c1ccc(Cl)cc1. The first kappa shape index (κ1) is 18.6. The third kappa shape index (κ3) is 4.52. The van der Waals surface area contributed by atoms with Gasteiger partial charge in [0, 0.05) is 21.7 Å². The van der Waals surface area contributed by atoms with Crippen molar-refractivity contribution in [1.82, 2.24) is 5.43 Å². The van der Waals surface area contributed by atoms with Gasteiger partial charge in [0.15, 0.2) is 0 Å². The van der Waals surface area contributed by atoms with Gasteiger partial charge in [-0.1, -0.05) is 23.2 Å². The Balaban J connectivity index is 1.73. The van der Waals surface area contributed by atoms with Gasteiger partial charge in [0.25, 0.3) is 11.6 Å². The maximum absolute atomic E-state index is 11.9. The number of nitro groups is 1. The van der Waals surface area contributed by atoms with E-state index in [4.69, 9.17) is 27.6 Å². The van der Waals surface area contributed by atoms with E-state index in [2.05, 4.69) is 10.5 Å². The Morgan fingerprint density at radius 1 is 1.07 bits per heavy atom. The molecule has 0 unspecified atom stereocenters. The van der Waals surface area contributed by atoms with Crippen molar-refractivity contribution in [3.8, 4) is 11.3 Å². The van der Waals surface area contributed by atoms with Crippen LogP contribution < -0.4 is 5.43 Å². The minimum absolute atomic E-state index is 0.170. The normalized spacial score (nSPS) is 10.9. The van der Waals surface area contributed by atoms with Crippen LogP contribution in [0.5, 0.6) is 0 Å². The molecule has 0 spiro atoms. The van der Waals surface area contributed by atoms with Crippen LogP contribution >= 0.6 is 23.2 Å². The fraction of sp³-hybridized carbons (Fsp3) is 0. The Bertz CT molecular complexity index is 1030. The van der Waals surface area contributed by atoms with E-state index in [1.54, 1.807) is 36.4 Å². The summed E-state index contributed by atoms with van der Waals surface area (Å²) in [6.07, 6.45) is 1.29. The number of nitro benzene ring substituents is 1. The quantitative estimate of drug-likeness (QED) is 0.371. The Kier molecular flexibility index (Phi) is 5.54. The van der Waals surface area contributed by atoms with Gasteiger partial charge >= 0.3 is 0 Å². The predicted octanol–water partition coefficient (Wildman–Crippen LogP) is 4.93. The Morgan fingerprint density at radius 2 is 1.78 bits per heavy atom. The Hall–Kier alpha value is -3.16. The molecule has 1 aromatic heterocycles. The van der Waals surface area contributed by atoms with Crippen molar-refractivity contribution >= 4 is 41.0 Å². The van der Waals surface area contributed by atoms with Gasteiger partial charge < -0.3 is 4.42 Å². The lowest BCUT2D eigenvalue weighted by atomic mass is 10.1. The number of halogens is 2. The number of nitrogens with one attached hydrogen (secondary N) is 1. The standard InChI is InChI=1S/C18H11Cl2N3O4/c19-12-3-1-11(2-4-12)18(24)22-21-10-14-6-8-17(27-14)15-7-5-13(20)9-16(15)23(25)26/h1-10H,(H,22,24)/b21-10-. The van der Waals surface area contributed by atoms with Crippen LogP contribution in [0.25, 0.3) is 11.3 Å². The number of nitrogens with zero attached hydrogens (tertiary/aromatic N) is 2. The molecule has 3 rings (SSSR count). The summed E-state index contributed by atoms with van der Waals surface area (Å²) >= 11 is 11.6. The van der Waals surface area contributed by atoms with Crippen LogP contribution in [-0.2, 0) is 0 Å². The molecule has 2 aromatic carbocycles. The monoisotopic (exact) mass is 403 g/mol. The second kappa shape index (κ2) is 8.03. The lowest BCUT2D eigenvalue weighted by molar-refractivity contribution is -0.384. The van der Waals surface area contributed by atoms with E-state index in [9.17, 15) is 14.9 Å². The Labute approximate surface area is 163 Å². The zero-order valence-corrected chi connectivity index (χ0v) is 15.1. The largest absolute Gasteiger partial charge is 0.455 e. The van der Waals surface area contributed by atoms with Crippen LogP contribution in [0.4, 0.5) is 5.69 Å². The van der Waals surface area contributed by atoms with Crippen LogP contribution in [0.15, 0.2) is 64.1 Å². The van der Waals surface area contributed by atoms with E-state index in [1.165, 1.54) is 24.4 Å². The molecule has 1 N–H and O–H groups in total. The average molecular weight is 404 g/mol. The number of hydrogen-bond donors (Lipinski definition) is 1. The minimum atomic E-state index is -0.538. The van der Waals surface area contributed by atoms with Gasteiger partial charge in [0.1, 0.15) is 11.5 Å². The number of carbonyl (C=O) groups is 1. The van der Waals surface area contributed by atoms with Crippen molar-refractivity contribution in [3.63, 3.8) is 0 Å². The summed E-state index contributed by atoms with van der Waals surface area (Å²) < 4.78 is 5.54. The summed E-state index contributed by atoms with van der Waals surface area (Å²) in [5.41, 5.74) is 2.87. The Morgan fingerprint density at radius 3 is 2.48 bits per heavy atom. The van der Waals surface area contributed by atoms with Gasteiger partial charge in [-0.25, -0.2) is 5.43 Å². The van der Waals surface area contributed by atoms with Gasteiger partial charge in [-0.15, -0.1) is 0 Å². The highest BCUT2D eigenvalue weighted by Crippen LogP contribution is 2.33. The molecule has 0 atom stereocenters. The van der Waals surface area contributed by atoms with E-state index >= 15 is 0 Å². The van der Waals surface area contributed by atoms with Crippen LogP contribution in [0.3, 0.4) is 0 Å². The third-order valence-corrected chi connectivity index (χ3v) is 4.00. The average Bonchev–Trinajstić information content (AvgIpc) is 3.10.